The summed E-state index contributed by atoms with van der Waals surface area (Å²) in [6, 6.07) is 1.06. The van der Waals surface area contributed by atoms with Gasteiger partial charge in [0.25, 0.3) is 0 Å². The minimum absolute atomic E-state index is 0.305. The standard InChI is InChI=1S/C14H23N3O/c1-10-14(16-13-7-8-18-11(13)2)9-15-17(10)12-5-3-4-6-12/h9,11-13,16H,3-8H2,1-2H3/t11-,13-/m1/s1. The van der Waals surface area contributed by atoms with Crippen LogP contribution in [0.4, 0.5) is 5.69 Å². The highest BCUT2D eigenvalue weighted by Crippen LogP contribution is 2.32. The summed E-state index contributed by atoms with van der Waals surface area (Å²) in [6.07, 6.45) is 8.64. The number of hydrogen-bond acceptors (Lipinski definition) is 3. The number of anilines is 1. The Kier molecular flexibility index (Phi) is 3.29. The van der Waals surface area contributed by atoms with Crippen LogP contribution in [0.25, 0.3) is 0 Å². The van der Waals surface area contributed by atoms with Crippen LogP contribution in [0.2, 0.25) is 0 Å². The van der Waals surface area contributed by atoms with E-state index in [1.54, 1.807) is 0 Å². The molecule has 0 unspecified atom stereocenters. The van der Waals surface area contributed by atoms with Gasteiger partial charge in [0.2, 0.25) is 0 Å². The molecule has 3 rings (SSSR count). The van der Waals surface area contributed by atoms with E-state index in [2.05, 4.69) is 28.9 Å². The van der Waals surface area contributed by atoms with Crippen molar-refractivity contribution in [3.05, 3.63) is 11.9 Å². The van der Waals surface area contributed by atoms with E-state index in [1.165, 1.54) is 37.1 Å². The summed E-state index contributed by atoms with van der Waals surface area (Å²) in [6.45, 7) is 5.18. The largest absolute Gasteiger partial charge is 0.377 e. The maximum absolute atomic E-state index is 5.59. The third-order valence-electron chi connectivity index (χ3n) is 4.43. The fourth-order valence-electron chi connectivity index (χ4n) is 3.20. The highest BCUT2D eigenvalue weighted by Gasteiger charge is 2.26. The number of rotatable bonds is 3. The fraction of sp³-hybridized carbons (Fsp3) is 0.786. The van der Waals surface area contributed by atoms with Crippen LogP contribution in [-0.2, 0) is 4.74 Å². The topological polar surface area (TPSA) is 39.1 Å². The first kappa shape index (κ1) is 12.0. The van der Waals surface area contributed by atoms with Crippen molar-refractivity contribution in [2.45, 2.75) is 64.1 Å². The molecule has 1 saturated heterocycles. The van der Waals surface area contributed by atoms with Crippen molar-refractivity contribution in [2.24, 2.45) is 0 Å². The van der Waals surface area contributed by atoms with Gasteiger partial charge in [-0.1, -0.05) is 12.8 Å². The van der Waals surface area contributed by atoms with E-state index in [0.717, 1.165) is 13.0 Å². The van der Waals surface area contributed by atoms with Gasteiger partial charge in [-0.25, -0.2) is 0 Å². The SMILES string of the molecule is Cc1c(N[C@@H]2CCO[C@@H]2C)cnn1C1CCCC1. The maximum atomic E-state index is 5.59. The van der Waals surface area contributed by atoms with Gasteiger partial charge in [0, 0.05) is 6.61 Å². The number of nitrogens with one attached hydrogen (secondary N) is 1. The summed E-state index contributed by atoms with van der Waals surface area (Å²) in [5.41, 5.74) is 2.46. The number of ether oxygens (including phenoxy) is 1. The van der Waals surface area contributed by atoms with E-state index in [-0.39, 0.29) is 0 Å². The molecule has 1 saturated carbocycles. The lowest BCUT2D eigenvalue weighted by Gasteiger charge is -2.18. The molecule has 4 nitrogen and oxygen atoms in total. The summed E-state index contributed by atoms with van der Waals surface area (Å²) in [4.78, 5) is 0. The van der Waals surface area contributed by atoms with E-state index in [1.807, 2.05) is 6.20 Å². The Bertz CT molecular complexity index is 409. The Labute approximate surface area is 109 Å². The van der Waals surface area contributed by atoms with Gasteiger partial charge in [0.15, 0.2) is 0 Å². The molecule has 0 bridgehead atoms. The molecule has 2 aliphatic rings. The molecule has 1 aliphatic carbocycles. The molecule has 2 atom stereocenters. The Morgan fingerprint density at radius 2 is 2.11 bits per heavy atom. The molecule has 1 aliphatic heterocycles. The molecule has 2 heterocycles. The monoisotopic (exact) mass is 249 g/mol. The summed E-state index contributed by atoms with van der Waals surface area (Å²) >= 11 is 0. The van der Waals surface area contributed by atoms with Gasteiger partial charge in [0.05, 0.1) is 35.8 Å². The summed E-state index contributed by atoms with van der Waals surface area (Å²) < 4.78 is 7.81. The van der Waals surface area contributed by atoms with Crippen LogP contribution in [0.15, 0.2) is 6.20 Å². The molecule has 1 aromatic heterocycles. The second-order valence-electron chi connectivity index (χ2n) is 5.64. The second kappa shape index (κ2) is 4.92. The lowest BCUT2D eigenvalue weighted by Crippen LogP contribution is -2.26. The first-order chi connectivity index (χ1) is 8.75. The van der Waals surface area contributed by atoms with Gasteiger partial charge >= 0.3 is 0 Å². The van der Waals surface area contributed by atoms with Crippen LogP contribution in [0.1, 0.15) is 50.8 Å². The van der Waals surface area contributed by atoms with Crippen molar-refractivity contribution >= 4 is 5.69 Å². The second-order valence-corrected chi connectivity index (χ2v) is 5.64. The van der Waals surface area contributed by atoms with Gasteiger partial charge in [-0.3, -0.25) is 4.68 Å². The third-order valence-corrected chi connectivity index (χ3v) is 4.43. The molecule has 0 spiro atoms. The third kappa shape index (κ3) is 2.14. The van der Waals surface area contributed by atoms with Gasteiger partial charge in [-0.2, -0.15) is 5.10 Å². The number of hydrogen-bond donors (Lipinski definition) is 1. The molecular formula is C14H23N3O. The molecule has 0 radical (unpaired) electrons. The molecule has 2 fully saturated rings. The van der Waals surface area contributed by atoms with Crippen molar-refractivity contribution in [3.8, 4) is 0 Å². The smallest absolute Gasteiger partial charge is 0.0759 e. The van der Waals surface area contributed by atoms with Crippen molar-refractivity contribution in [1.29, 1.82) is 0 Å². The maximum Gasteiger partial charge on any atom is 0.0759 e. The molecule has 4 heteroatoms. The van der Waals surface area contributed by atoms with E-state index < -0.39 is 0 Å². The molecule has 0 amide bonds. The zero-order chi connectivity index (χ0) is 12.5. The predicted octanol–water partition coefficient (Wildman–Crippen LogP) is 2.90. The van der Waals surface area contributed by atoms with Crippen molar-refractivity contribution in [2.75, 3.05) is 11.9 Å². The summed E-state index contributed by atoms with van der Waals surface area (Å²) in [5.74, 6) is 0. The first-order valence-electron chi connectivity index (χ1n) is 7.18. The molecule has 18 heavy (non-hydrogen) atoms. The van der Waals surface area contributed by atoms with Gasteiger partial charge in [0.1, 0.15) is 0 Å². The van der Waals surface area contributed by atoms with E-state index >= 15 is 0 Å². The van der Waals surface area contributed by atoms with Crippen LogP contribution in [0.5, 0.6) is 0 Å². The van der Waals surface area contributed by atoms with Crippen LogP contribution in [0, 0.1) is 6.92 Å². The average molecular weight is 249 g/mol. The minimum atomic E-state index is 0.305. The highest BCUT2D eigenvalue weighted by molar-refractivity contribution is 5.47. The molecular weight excluding hydrogens is 226 g/mol. The molecule has 0 aromatic carbocycles. The Balaban J connectivity index is 1.72. The van der Waals surface area contributed by atoms with Crippen molar-refractivity contribution < 1.29 is 4.74 Å². The average Bonchev–Trinajstić information content (AvgIpc) is 3.05. The van der Waals surface area contributed by atoms with Crippen LogP contribution in [-0.4, -0.2) is 28.5 Å². The van der Waals surface area contributed by atoms with Crippen molar-refractivity contribution in [3.63, 3.8) is 0 Å². The van der Waals surface area contributed by atoms with E-state index in [0.29, 0.717) is 18.2 Å². The highest BCUT2D eigenvalue weighted by atomic mass is 16.5. The van der Waals surface area contributed by atoms with E-state index in [4.69, 9.17) is 4.74 Å². The minimum Gasteiger partial charge on any atom is -0.377 e. The normalized spacial score (nSPS) is 29.0. The zero-order valence-electron chi connectivity index (χ0n) is 11.4. The van der Waals surface area contributed by atoms with Gasteiger partial charge in [-0.05, 0) is 33.1 Å². The molecule has 1 aromatic rings. The fourth-order valence-corrected chi connectivity index (χ4v) is 3.20. The van der Waals surface area contributed by atoms with Crippen LogP contribution in [0.3, 0.4) is 0 Å². The van der Waals surface area contributed by atoms with Gasteiger partial charge in [-0.15, -0.1) is 0 Å². The first-order valence-corrected chi connectivity index (χ1v) is 7.18. The quantitative estimate of drug-likeness (QED) is 0.895. The van der Waals surface area contributed by atoms with Gasteiger partial charge < -0.3 is 10.1 Å². The number of aromatic nitrogens is 2. The summed E-state index contributed by atoms with van der Waals surface area (Å²) in [5, 5.41) is 8.17. The lowest BCUT2D eigenvalue weighted by atomic mass is 10.1. The Hall–Kier alpha value is -1.03. The Morgan fingerprint density at radius 3 is 2.78 bits per heavy atom. The number of nitrogens with zero attached hydrogens (tertiary/aromatic N) is 2. The Morgan fingerprint density at radius 1 is 1.33 bits per heavy atom. The predicted molar refractivity (Wildman–Crippen MR) is 71.9 cm³/mol. The summed E-state index contributed by atoms with van der Waals surface area (Å²) in [7, 11) is 0. The van der Waals surface area contributed by atoms with Crippen molar-refractivity contribution in [1.82, 2.24) is 9.78 Å². The molecule has 1 N–H and O–H groups in total. The van der Waals surface area contributed by atoms with Crippen LogP contribution < -0.4 is 5.32 Å². The molecule has 100 valence electrons. The van der Waals surface area contributed by atoms with Crippen LogP contribution >= 0.6 is 0 Å². The zero-order valence-corrected chi connectivity index (χ0v) is 11.4. The lowest BCUT2D eigenvalue weighted by molar-refractivity contribution is 0.121. The van der Waals surface area contributed by atoms with E-state index in [9.17, 15) is 0 Å².